The molecule has 0 radical (unpaired) electrons. The number of nitrogens with one attached hydrogen (secondary N) is 2. The van der Waals surface area contributed by atoms with E-state index in [1.807, 2.05) is 52.8 Å². The highest BCUT2D eigenvalue weighted by atomic mass is 16.6. The summed E-state index contributed by atoms with van der Waals surface area (Å²) in [6.45, 7) is 13.9. The Bertz CT molecular complexity index is 1130. The topological polar surface area (TPSA) is 128 Å². The Hall–Kier alpha value is -3.59. The molecule has 39 heavy (non-hydrogen) atoms. The number of nitrogens with zero attached hydrogens (tertiary/aromatic N) is 1. The summed E-state index contributed by atoms with van der Waals surface area (Å²) in [5.74, 6) is -0.889. The van der Waals surface area contributed by atoms with Crippen LogP contribution in [0.25, 0.3) is 0 Å². The van der Waals surface area contributed by atoms with E-state index < -0.39 is 47.7 Å². The molecule has 9 heteroatoms. The second kappa shape index (κ2) is 13.0. The molecular formula is C30H43N3O6. The Morgan fingerprint density at radius 2 is 1.51 bits per heavy atom. The molecule has 0 aromatic heterocycles. The summed E-state index contributed by atoms with van der Waals surface area (Å²) in [5.41, 5.74) is 1.58. The fourth-order valence-corrected chi connectivity index (χ4v) is 4.32. The van der Waals surface area contributed by atoms with Gasteiger partial charge in [-0.15, -0.1) is 0 Å². The predicted molar refractivity (Wildman–Crippen MR) is 150 cm³/mol. The molecule has 214 valence electrons. The van der Waals surface area contributed by atoms with Crippen molar-refractivity contribution in [1.29, 1.82) is 0 Å². The van der Waals surface area contributed by atoms with Crippen molar-refractivity contribution < 1.29 is 29.3 Å². The molecule has 0 aliphatic rings. The lowest BCUT2D eigenvalue weighted by molar-refractivity contribution is -0.143. The van der Waals surface area contributed by atoms with Crippen molar-refractivity contribution >= 4 is 17.9 Å². The first-order valence-corrected chi connectivity index (χ1v) is 13.1. The third-order valence-corrected chi connectivity index (χ3v) is 5.86. The third-order valence-electron chi connectivity index (χ3n) is 5.86. The lowest BCUT2D eigenvalue weighted by Gasteiger charge is -2.37. The van der Waals surface area contributed by atoms with Crippen molar-refractivity contribution in [3.05, 3.63) is 64.7 Å². The zero-order valence-electron chi connectivity index (χ0n) is 24.3. The van der Waals surface area contributed by atoms with Gasteiger partial charge in [-0.3, -0.25) is 9.59 Å². The SMILES string of the molecule is Cc1cccc(C)c1C(C(=O)NC(C)(C)C)N(CCO)C(=O)C(Cc1ccc(O)cc1)NC(=O)OC(C)(C)C. The maximum Gasteiger partial charge on any atom is 0.408 e. The van der Waals surface area contributed by atoms with Gasteiger partial charge in [0.25, 0.3) is 0 Å². The van der Waals surface area contributed by atoms with Gasteiger partial charge >= 0.3 is 6.09 Å². The zero-order valence-corrected chi connectivity index (χ0v) is 24.3. The number of ether oxygens (including phenoxy) is 1. The summed E-state index contributed by atoms with van der Waals surface area (Å²) in [4.78, 5) is 42.1. The van der Waals surface area contributed by atoms with Crippen molar-refractivity contribution in [2.75, 3.05) is 13.2 Å². The number of rotatable bonds is 9. The maximum atomic E-state index is 14.2. The van der Waals surface area contributed by atoms with E-state index in [0.717, 1.165) is 11.1 Å². The summed E-state index contributed by atoms with van der Waals surface area (Å²) in [6, 6.07) is 9.72. The van der Waals surface area contributed by atoms with Crippen LogP contribution in [0, 0.1) is 13.8 Å². The fraction of sp³-hybridized carbons (Fsp3) is 0.500. The molecule has 2 unspecified atom stereocenters. The average molecular weight is 542 g/mol. The van der Waals surface area contributed by atoms with Gasteiger partial charge < -0.3 is 30.5 Å². The summed E-state index contributed by atoms with van der Waals surface area (Å²) in [5, 5.41) is 25.4. The number of carbonyl (C=O) groups excluding carboxylic acids is 3. The highest BCUT2D eigenvalue weighted by molar-refractivity contribution is 5.93. The number of aliphatic hydroxyl groups excluding tert-OH is 1. The first kappa shape index (κ1) is 31.6. The molecule has 0 spiro atoms. The van der Waals surface area contributed by atoms with Crippen LogP contribution in [-0.4, -0.2) is 63.4 Å². The molecule has 0 fully saturated rings. The van der Waals surface area contributed by atoms with Crippen LogP contribution in [0.15, 0.2) is 42.5 Å². The van der Waals surface area contributed by atoms with E-state index in [9.17, 15) is 24.6 Å². The van der Waals surface area contributed by atoms with Gasteiger partial charge in [0.05, 0.1) is 6.61 Å². The van der Waals surface area contributed by atoms with Crippen molar-refractivity contribution in [3.8, 4) is 5.75 Å². The monoisotopic (exact) mass is 541 g/mol. The quantitative estimate of drug-likeness (QED) is 0.381. The van der Waals surface area contributed by atoms with Crippen LogP contribution in [0.4, 0.5) is 4.79 Å². The van der Waals surface area contributed by atoms with Gasteiger partial charge in [0.2, 0.25) is 11.8 Å². The number of phenolic OH excluding ortho intramolecular Hbond substituents is 1. The summed E-state index contributed by atoms with van der Waals surface area (Å²) < 4.78 is 5.42. The second-order valence-corrected chi connectivity index (χ2v) is 11.8. The Morgan fingerprint density at radius 1 is 0.949 bits per heavy atom. The molecule has 0 bridgehead atoms. The maximum absolute atomic E-state index is 14.2. The number of hydrogen-bond acceptors (Lipinski definition) is 6. The van der Waals surface area contributed by atoms with Gasteiger partial charge in [0.15, 0.2) is 0 Å². The normalized spacial score (nSPS) is 13.3. The number of aryl methyl sites for hydroxylation is 2. The van der Waals surface area contributed by atoms with E-state index in [-0.39, 0.29) is 18.7 Å². The fourth-order valence-electron chi connectivity index (χ4n) is 4.32. The van der Waals surface area contributed by atoms with Crippen LogP contribution in [0.5, 0.6) is 5.75 Å². The second-order valence-electron chi connectivity index (χ2n) is 11.8. The van der Waals surface area contributed by atoms with Crippen LogP contribution in [-0.2, 0) is 20.7 Å². The Morgan fingerprint density at radius 3 is 2.00 bits per heavy atom. The first-order chi connectivity index (χ1) is 18.0. The molecule has 0 saturated heterocycles. The van der Waals surface area contributed by atoms with E-state index in [1.54, 1.807) is 32.9 Å². The van der Waals surface area contributed by atoms with E-state index in [1.165, 1.54) is 17.0 Å². The minimum absolute atomic E-state index is 0.0672. The largest absolute Gasteiger partial charge is 0.508 e. The van der Waals surface area contributed by atoms with Crippen LogP contribution in [0.1, 0.15) is 69.8 Å². The molecule has 2 rings (SSSR count). The lowest BCUT2D eigenvalue weighted by Crippen LogP contribution is -2.56. The summed E-state index contributed by atoms with van der Waals surface area (Å²) >= 11 is 0. The van der Waals surface area contributed by atoms with Crippen LogP contribution >= 0.6 is 0 Å². The molecular weight excluding hydrogens is 498 g/mol. The van der Waals surface area contributed by atoms with E-state index in [2.05, 4.69) is 10.6 Å². The minimum atomic E-state index is -1.12. The minimum Gasteiger partial charge on any atom is -0.508 e. The van der Waals surface area contributed by atoms with Crippen LogP contribution < -0.4 is 10.6 Å². The Kier molecular flexibility index (Phi) is 10.5. The number of benzene rings is 2. The number of aliphatic hydroxyl groups is 1. The van der Waals surface area contributed by atoms with Crippen molar-refractivity contribution in [1.82, 2.24) is 15.5 Å². The van der Waals surface area contributed by atoms with Crippen molar-refractivity contribution in [2.45, 2.75) is 85.0 Å². The van der Waals surface area contributed by atoms with Crippen LogP contribution in [0.2, 0.25) is 0 Å². The molecule has 2 atom stereocenters. The zero-order chi connectivity index (χ0) is 29.5. The molecule has 2 aromatic carbocycles. The predicted octanol–water partition coefficient (Wildman–Crippen LogP) is 3.92. The number of aromatic hydroxyl groups is 1. The third kappa shape index (κ3) is 9.58. The number of carbonyl (C=O) groups is 3. The Balaban J connectivity index is 2.61. The van der Waals surface area contributed by atoms with E-state index >= 15 is 0 Å². The number of phenols is 1. The summed E-state index contributed by atoms with van der Waals surface area (Å²) in [7, 11) is 0. The van der Waals surface area contributed by atoms with E-state index in [4.69, 9.17) is 4.74 Å². The molecule has 4 N–H and O–H groups in total. The molecule has 0 heterocycles. The first-order valence-electron chi connectivity index (χ1n) is 13.1. The highest BCUT2D eigenvalue weighted by Crippen LogP contribution is 2.29. The van der Waals surface area contributed by atoms with Crippen LogP contribution in [0.3, 0.4) is 0 Å². The lowest BCUT2D eigenvalue weighted by atomic mass is 9.92. The van der Waals surface area contributed by atoms with E-state index in [0.29, 0.717) is 11.1 Å². The van der Waals surface area contributed by atoms with Gasteiger partial charge in [-0.25, -0.2) is 4.79 Å². The van der Waals surface area contributed by atoms with Crippen molar-refractivity contribution in [2.24, 2.45) is 0 Å². The van der Waals surface area contributed by atoms with Gasteiger partial charge in [0.1, 0.15) is 23.4 Å². The standard InChI is InChI=1S/C30H43N3O6/c1-19-10-9-11-20(2)24(19)25(26(36)32-29(3,4)5)33(16-17-34)27(37)23(31-28(38)39-30(6,7)8)18-21-12-14-22(35)15-13-21/h9-15,23,25,34-35H,16-18H2,1-8H3,(H,31,38)(H,32,36). The number of hydrogen-bond donors (Lipinski definition) is 4. The van der Waals surface area contributed by atoms with Gasteiger partial charge in [-0.1, -0.05) is 30.3 Å². The molecule has 9 nitrogen and oxygen atoms in total. The summed E-state index contributed by atoms with van der Waals surface area (Å²) in [6.07, 6.45) is -0.716. The molecule has 0 aliphatic heterocycles. The number of alkyl carbamates (subject to hydrolysis) is 1. The molecule has 3 amide bonds. The van der Waals surface area contributed by atoms with Gasteiger partial charge in [-0.05, 0) is 89.8 Å². The van der Waals surface area contributed by atoms with Gasteiger partial charge in [0, 0.05) is 18.5 Å². The molecule has 2 aromatic rings. The molecule has 0 aliphatic carbocycles. The smallest absolute Gasteiger partial charge is 0.408 e. The van der Waals surface area contributed by atoms with Crippen molar-refractivity contribution in [3.63, 3.8) is 0 Å². The number of amides is 3. The Labute approximate surface area is 231 Å². The average Bonchev–Trinajstić information content (AvgIpc) is 2.78. The highest BCUT2D eigenvalue weighted by Gasteiger charge is 2.38. The molecule has 0 saturated carbocycles. The van der Waals surface area contributed by atoms with Gasteiger partial charge in [-0.2, -0.15) is 0 Å².